The van der Waals surface area contributed by atoms with Gasteiger partial charge in [-0.25, -0.2) is 0 Å². The highest BCUT2D eigenvalue weighted by molar-refractivity contribution is 5.40. The van der Waals surface area contributed by atoms with Gasteiger partial charge in [-0.1, -0.05) is 18.2 Å². The summed E-state index contributed by atoms with van der Waals surface area (Å²) < 4.78 is 0. The van der Waals surface area contributed by atoms with Crippen molar-refractivity contribution in [3.05, 3.63) is 63.7 Å². The Morgan fingerprint density at radius 2 is 1.55 bits per heavy atom. The van der Waals surface area contributed by atoms with Gasteiger partial charge in [0.1, 0.15) is 0 Å². The van der Waals surface area contributed by atoms with E-state index in [9.17, 15) is 20.3 Å². The molecule has 0 unspecified atom stereocenters. The first-order valence-corrected chi connectivity index (χ1v) is 6.01. The molecule has 0 radical (unpaired) electrons. The smallest absolute Gasteiger partial charge is 0.269 e. The lowest BCUT2D eigenvalue weighted by Gasteiger charge is -2.06. The Labute approximate surface area is 115 Å². The van der Waals surface area contributed by atoms with Crippen molar-refractivity contribution in [3.63, 3.8) is 0 Å². The van der Waals surface area contributed by atoms with Crippen LogP contribution in [0.3, 0.4) is 0 Å². The van der Waals surface area contributed by atoms with E-state index in [0.717, 1.165) is 11.1 Å². The largest absolute Gasteiger partial charge is 0.504 e. The van der Waals surface area contributed by atoms with Crippen LogP contribution >= 0.6 is 0 Å². The van der Waals surface area contributed by atoms with Crippen LogP contribution in [-0.2, 0) is 13.1 Å². The molecule has 2 aromatic rings. The summed E-state index contributed by atoms with van der Waals surface area (Å²) in [5.74, 6) is -0.302. The molecule has 104 valence electrons. The van der Waals surface area contributed by atoms with Crippen LogP contribution in [0.25, 0.3) is 0 Å². The van der Waals surface area contributed by atoms with E-state index in [4.69, 9.17) is 0 Å². The number of rotatable bonds is 5. The standard InChI is InChI=1S/C14H14N2O4/c17-13-6-3-11(7-14(13)18)9-15-8-10-1-4-12(5-2-10)16(19)20/h1-7,15,17-18H,8-9H2. The molecule has 0 amide bonds. The summed E-state index contributed by atoms with van der Waals surface area (Å²) in [5, 5.41) is 32.2. The van der Waals surface area contributed by atoms with E-state index < -0.39 is 4.92 Å². The van der Waals surface area contributed by atoms with Gasteiger partial charge in [0, 0.05) is 25.2 Å². The number of benzene rings is 2. The third-order valence-electron chi connectivity index (χ3n) is 2.85. The zero-order valence-electron chi connectivity index (χ0n) is 10.6. The van der Waals surface area contributed by atoms with Crippen molar-refractivity contribution >= 4 is 5.69 Å². The Balaban J connectivity index is 1.89. The number of nitrogens with zero attached hydrogens (tertiary/aromatic N) is 1. The first-order chi connectivity index (χ1) is 9.56. The molecule has 0 aliphatic heterocycles. The van der Waals surface area contributed by atoms with Crippen molar-refractivity contribution in [2.75, 3.05) is 0 Å². The molecule has 3 N–H and O–H groups in total. The second-order valence-corrected chi connectivity index (χ2v) is 4.35. The third kappa shape index (κ3) is 3.46. The van der Waals surface area contributed by atoms with Gasteiger partial charge in [0.15, 0.2) is 11.5 Å². The van der Waals surface area contributed by atoms with Gasteiger partial charge in [0.25, 0.3) is 5.69 Å². The molecular formula is C14H14N2O4. The average Bonchev–Trinajstić information content (AvgIpc) is 2.43. The van der Waals surface area contributed by atoms with Crippen molar-refractivity contribution in [1.29, 1.82) is 0 Å². The van der Waals surface area contributed by atoms with Crippen LogP contribution in [0.2, 0.25) is 0 Å². The fourth-order valence-electron chi connectivity index (χ4n) is 1.77. The number of non-ortho nitro benzene ring substituents is 1. The molecule has 0 atom stereocenters. The fourth-order valence-corrected chi connectivity index (χ4v) is 1.77. The van der Waals surface area contributed by atoms with Crippen molar-refractivity contribution in [3.8, 4) is 11.5 Å². The summed E-state index contributed by atoms with van der Waals surface area (Å²) in [6.07, 6.45) is 0. The lowest BCUT2D eigenvalue weighted by Crippen LogP contribution is -2.12. The second kappa shape index (κ2) is 6.03. The van der Waals surface area contributed by atoms with Crippen LogP contribution in [0, 0.1) is 10.1 Å². The van der Waals surface area contributed by atoms with Crippen LogP contribution in [-0.4, -0.2) is 15.1 Å². The van der Waals surface area contributed by atoms with E-state index >= 15 is 0 Å². The SMILES string of the molecule is O=[N+]([O-])c1ccc(CNCc2ccc(O)c(O)c2)cc1. The Hall–Kier alpha value is -2.60. The monoisotopic (exact) mass is 274 g/mol. The highest BCUT2D eigenvalue weighted by Gasteiger charge is 2.04. The Kier molecular flexibility index (Phi) is 4.17. The number of hydrogen-bond acceptors (Lipinski definition) is 5. The number of phenolic OH excluding ortho intramolecular Hbond substituents is 2. The van der Waals surface area contributed by atoms with E-state index in [1.807, 2.05) is 0 Å². The van der Waals surface area contributed by atoms with Crippen LogP contribution in [0.1, 0.15) is 11.1 Å². The number of phenols is 2. The van der Waals surface area contributed by atoms with Crippen LogP contribution in [0.15, 0.2) is 42.5 Å². The highest BCUT2D eigenvalue weighted by Crippen LogP contribution is 2.24. The van der Waals surface area contributed by atoms with Gasteiger partial charge < -0.3 is 15.5 Å². The van der Waals surface area contributed by atoms with Gasteiger partial charge in [0.2, 0.25) is 0 Å². The van der Waals surface area contributed by atoms with E-state index in [1.54, 1.807) is 18.2 Å². The van der Waals surface area contributed by atoms with Crippen LogP contribution < -0.4 is 5.32 Å². The Morgan fingerprint density at radius 3 is 2.15 bits per heavy atom. The topological polar surface area (TPSA) is 95.6 Å². The molecule has 0 aliphatic rings. The van der Waals surface area contributed by atoms with Gasteiger partial charge in [-0.3, -0.25) is 10.1 Å². The summed E-state index contributed by atoms with van der Waals surface area (Å²) in [5.41, 5.74) is 1.83. The van der Waals surface area contributed by atoms with Crippen molar-refractivity contribution in [2.24, 2.45) is 0 Å². The highest BCUT2D eigenvalue weighted by atomic mass is 16.6. The molecule has 0 bridgehead atoms. The number of nitrogens with one attached hydrogen (secondary N) is 1. The van der Waals surface area contributed by atoms with Crippen LogP contribution in [0.4, 0.5) is 5.69 Å². The summed E-state index contributed by atoms with van der Waals surface area (Å²) >= 11 is 0. The van der Waals surface area contributed by atoms with Gasteiger partial charge in [0.05, 0.1) is 4.92 Å². The van der Waals surface area contributed by atoms with Crippen LogP contribution in [0.5, 0.6) is 11.5 Å². The molecule has 0 saturated carbocycles. The summed E-state index contributed by atoms with van der Waals surface area (Å²) in [6, 6.07) is 10.9. The van der Waals surface area contributed by atoms with Gasteiger partial charge in [-0.2, -0.15) is 0 Å². The predicted molar refractivity (Wildman–Crippen MR) is 73.4 cm³/mol. The molecule has 6 nitrogen and oxygen atoms in total. The van der Waals surface area contributed by atoms with E-state index in [2.05, 4.69) is 5.32 Å². The molecule has 2 aromatic carbocycles. The molecule has 0 heterocycles. The minimum Gasteiger partial charge on any atom is -0.504 e. The van der Waals surface area contributed by atoms with E-state index in [0.29, 0.717) is 13.1 Å². The minimum absolute atomic E-state index is 0.0669. The zero-order valence-corrected chi connectivity index (χ0v) is 10.6. The van der Waals surface area contributed by atoms with Crippen molar-refractivity contribution in [1.82, 2.24) is 5.32 Å². The molecule has 0 aromatic heterocycles. The lowest BCUT2D eigenvalue weighted by molar-refractivity contribution is -0.384. The number of nitro groups is 1. The maximum Gasteiger partial charge on any atom is 0.269 e. The minimum atomic E-state index is -0.434. The molecule has 20 heavy (non-hydrogen) atoms. The molecule has 0 saturated heterocycles. The maximum atomic E-state index is 10.5. The molecular weight excluding hydrogens is 260 g/mol. The maximum absolute atomic E-state index is 10.5. The number of aromatic hydroxyl groups is 2. The summed E-state index contributed by atoms with van der Waals surface area (Å²) in [6.45, 7) is 1.07. The molecule has 0 fully saturated rings. The number of hydrogen-bond donors (Lipinski definition) is 3. The lowest BCUT2D eigenvalue weighted by atomic mass is 10.2. The second-order valence-electron chi connectivity index (χ2n) is 4.35. The number of nitro benzene ring substituents is 1. The summed E-state index contributed by atoms with van der Waals surface area (Å²) in [4.78, 5) is 10.1. The molecule has 0 aliphatic carbocycles. The zero-order chi connectivity index (χ0) is 14.5. The van der Waals surface area contributed by atoms with Gasteiger partial charge in [-0.15, -0.1) is 0 Å². The normalized spacial score (nSPS) is 10.4. The average molecular weight is 274 g/mol. The van der Waals surface area contributed by atoms with E-state index in [-0.39, 0.29) is 17.2 Å². The quantitative estimate of drug-likeness (QED) is 0.441. The van der Waals surface area contributed by atoms with Crippen molar-refractivity contribution in [2.45, 2.75) is 13.1 Å². The van der Waals surface area contributed by atoms with Crippen molar-refractivity contribution < 1.29 is 15.1 Å². The fraction of sp³-hybridized carbons (Fsp3) is 0.143. The molecule has 6 heteroatoms. The third-order valence-corrected chi connectivity index (χ3v) is 2.85. The van der Waals surface area contributed by atoms with Gasteiger partial charge in [-0.05, 0) is 23.3 Å². The first-order valence-electron chi connectivity index (χ1n) is 6.01. The van der Waals surface area contributed by atoms with E-state index in [1.165, 1.54) is 24.3 Å². The molecule has 0 spiro atoms. The first kappa shape index (κ1) is 13.8. The Bertz CT molecular complexity index is 611. The Morgan fingerprint density at radius 1 is 0.950 bits per heavy atom. The molecule has 2 rings (SSSR count). The van der Waals surface area contributed by atoms with Gasteiger partial charge >= 0.3 is 0 Å². The predicted octanol–water partition coefficient (Wildman–Crippen LogP) is 2.30. The summed E-state index contributed by atoms with van der Waals surface area (Å²) in [7, 11) is 0.